The van der Waals surface area contributed by atoms with Gasteiger partial charge in [-0.25, -0.2) is 0 Å². The Balaban J connectivity index is 0.00000242. The van der Waals surface area contributed by atoms with Crippen molar-refractivity contribution in [2.75, 3.05) is 19.7 Å². The Morgan fingerprint density at radius 2 is 2.14 bits per heavy atom. The van der Waals surface area contributed by atoms with E-state index in [1.54, 1.807) is 12.1 Å². The van der Waals surface area contributed by atoms with E-state index in [1.807, 2.05) is 13.0 Å². The van der Waals surface area contributed by atoms with Crippen LogP contribution in [-0.4, -0.2) is 31.8 Å². The number of rotatable bonds is 4. The number of benzene rings is 1. The molecule has 0 atom stereocenters. The lowest BCUT2D eigenvalue weighted by Crippen LogP contribution is -2.40. The Hall–Kier alpha value is -1.19. The summed E-state index contributed by atoms with van der Waals surface area (Å²) in [5, 5.41) is 6.17. The van der Waals surface area contributed by atoms with E-state index in [-0.39, 0.29) is 29.7 Å². The number of aliphatic imine (C=N–C) groups is 1. The molecule has 4 nitrogen and oxygen atoms in total. The molecule has 0 unspecified atom stereocenters. The predicted octanol–water partition coefficient (Wildman–Crippen LogP) is 2.99. The van der Waals surface area contributed by atoms with Gasteiger partial charge in [0, 0.05) is 25.2 Å². The van der Waals surface area contributed by atoms with Gasteiger partial charge in [-0.15, -0.1) is 24.0 Å². The third kappa shape index (κ3) is 6.29. The molecule has 1 aliphatic rings. The molecule has 0 aromatic heterocycles. The highest BCUT2D eigenvalue weighted by molar-refractivity contribution is 14.0. The number of hydrogen-bond donors (Lipinski definition) is 2. The largest absolute Gasteiger partial charge is 0.484 e. The standard InChI is InChI=1S/C14H18F3N3O.HI/c1-10-3-4-11(8-20-13-18-5-2-6-19-13)12(7-10)21-9-14(15,16)17;/h3-4,7H,2,5-6,8-9H2,1H3,(H2,18,19,20);1H. The molecule has 0 saturated heterocycles. The van der Waals surface area contributed by atoms with Crippen molar-refractivity contribution in [3.8, 4) is 5.75 Å². The maximum absolute atomic E-state index is 12.3. The number of ether oxygens (including phenoxy) is 1. The molecule has 0 aliphatic carbocycles. The fourth-order valence-corrected chi connectivity index (χ4v) is 1.93. The van der Waals surface area contributed by atoms with Crippen LogP contribution < -0.4 is 15.4 Å². The third-order valence-corrected chi connectivity index (χ3v) is 2.96. The molecule has 0 fully saturated rings. The van der Waals surface area contributed by atoms with Crippen LogP contribution in [0.3, 0.4) is 0 Å². The van der Waals surface area contributed by atoms with Gasteiger partial charge < -0.3 is 15.4 Å². The molecule has 0 spiro atoms. The summed E-state index contributed by atoms with van der Waals surface area (Å²) in [5.41, 5.74) is 1.52. The Kier molecular flexibility index (Phi) is 7.24. The normalized spacial score (nSPS) is 14.5. The van der Waals surface area contributed by atoms with Crippen molar-refractivity contribution in [3.63, 3.8) is 0 Å². The number of guanidine groups is 1. The Labute approximate surface area is 144 Å². The molecule has 0 saturated carbocycles. The van der Waals surface area contributed by atoms with Crippen LogP contribution in [0.1, 0.15) is 17.5 Å². The topological polar surface area (TPSA) is 45.7 Å². The first-order valence-electron chi connectivity index (χ1n) is 6.75. The molecular formula is C14H19F3IN3O. The van der Waals surface area contributed by atoms with Gasteiger partial charge in [0.1, 0.15) is 5.75 Å². The first-order chi connectivity index (χ1) is 9.94. The highest BCUT2D eigenvalue weighted by Crippen LogP contribution is 2.23. The van der Waals surface area contributed by atoms with E-state index in [0.717, 1.165) is 25.1 Å². The van der Waals surface area contributed by atoms with Crippen molar-refractivity contribution < 1.29 is 17.9 Å². The van der Waals surface area contributed by atoms with Crippen molar-refractivity contribution in [2.24, 2.45) is 4.99 Å². The minimum atomic E-state index is -4.34. The number of alkyl halides is 3. The van der Waals surface area contributed by atoms with Crippen molar-refractivity contribution >= 4 is 29.9 Å². The van der Waals surface area contributed by atoms with Gasteiger partial charge in [0.2, 0.25) is 0 Å². The summed E-state index contributed by atoms with van der Waals surface area (Å²) in [6.07, 6.45) is -3.36. The first-order valence-corrected chi connectivity index (χ1v) is 6.75. The molecule has 1 aromatic rings. The summed E-state index contributed by atoms with van der Waals surface area (Å²) in [4.78, 5) is 4.25. The molecule has 0 bridgehead atoms. The summed E-state index contributed by atoms with van der Waals surface area (Å²) < 4.78 is 41.7. The molecule has 8 heteroatoms. The lowest BCUT2D eigenvalue weighted by atomic mass is 10.1. The van der Waals surface area contributed by atoms with Gasteiger partial charge in [-0.3, -0.25) is 4.99 Å². The molecule has 0 radical (unpaired) electrons. The molecule has 1 aliphatic heterocycles. The Morgan fingerprint density at radius 1 is 1.36 bits per heavy atom. The van der Waals surface area contributed by atoms with E-state index in [1.165, 1.54) is 0 Å². The van der Waals surface area contributed by atoms with Crippen LogP contribution in [0.5, 0.6) is 5.75 Å². The van der Waals surface area contributed by atoms with Gasteiger partial charge >= 0.3 is 6.18 Å². The molecule has 2 N–H and O–H groups in total. The molecule has 0 amide bonds. The van der Waals surface area contributed by atoms with Crippen LogP contribution in [0.2, 0.25) is 0 Å². The monoisotopic (exact) mass is 429 g/mol. The van der Waals surface area contributed by atoms with Crippen LogP contribution in [0.25, 0.3) is 0 Å². The number of hydrogen-bond acceptors (Lipinski definition) is 4. The van der Waals surface area contributed by atoms with E-state index in [2.05, 4.69) is 15.6 Å². The molecule has 1 aromatic carbocycles. The Morgan fingerprint density at radius 3 is 2.77 bits per heavy atom. The van der Waals surface area contributed by atoms with Crippen molar-refractivity contribution in [1.82, 2.24) is 10.6 Å². The second kappa shape index (κ2) is 8.44. The van der Waals surface area contributed by atoms with E-state index in [9.17, 15) is 13.2 Å². The number of nitrogens with one attached hydrogen (secondary N) is 2. The minimum Gasteiger partial charge on any atom is -0.484 e. The number of halogens is 4. The third-order valence-electron chi connectivity index (χ3n) is 2.96. The molecule has 2 rings (SSSR count). The highest BCUT2D eigenvalue weighted by atomic mass is 127. The molecule has 124 valence electrons. The zero-order valence-corrected chi connectivity index (χ0v) is 14.5. The van der Waals surface area contributed by atoms with Crippen LogP contribution in [0, 0.1) is 6.92 Å². The average molecular weight is 429 g/mol. The lowest BCUT2D eigenvalue weighted by Gasteiger charge is -2.18. The summed E-state index contributed by atoms with van der Waals surface area (Å²) in [5.74, 6) is 0.917. The zero-order chi connectivity index (χ0) is 15.3. The summed E-state index contributed by atoms with van der Waals surface area (Å²) >= 11 is 0. The molecule has 1 heterocycles. The number of nitrogens with zero attached hydrogens (tertiary/aromatic N) is 1. The summed E-state index contributed by atoms with van der Waals surface area (Å²) in [6.45, 7) is 2.48. The highest BCUT2D eigenvalue weighted by Gasteiger charge is 2.28. The van der Waals surface area contributed by atoms with Crippen LogP contribution in [0.4, 0.5) is 13.2 Å². The van der Waals surface area contributed by atoms with Gasteiger partial charge in [-0.1, -0.05) is 12.1 Å². The van der Waals surface area contributed by atoms with E-state index < -0.39 is 12.8 Å². The maximum Gasteiger partial charge on any atom is 0.422 e. The van der Waals surface area contributed by atoms with Crippen molar-refractivity contribution in [2.45, 2.75) is 26.1 Å². The van der Waals surface area contributed by atoms with Gasteiger partial charge in [0.05, 0.1) is 0 Å². The summed E-state index contributed by atoms with van der Waals surface area (Å²) in [7, 11) is 0. The second-order valence-electron chi connectivity index (χ2n) is 4.88. The zero-order valence-electron chi connectivity index (χ0n) is 12.2. The van der Waals surface area contributed by atoms with Crippen LogP contribution >= 0.6 is 24.0 Å². The molecular weight excluding hydrogens is 410 g/mol. The van der Waals surface area contributed by atoms with E-state index >= 15 is 0 Å². The van der Waals surface area contributed by atoms with Crippen LogP contribution in [-0.2, 0) is 6.54 Å². The maximum atomic E-state index is 12.3. The fourth-order valence-electron chi connectivity index (χ4n) is 1.93. The van der Waals surface area contributed by atoms with Gasteiger partial charge in [-0.05, 0) is 25.0 Å². The lowest BCUT2D eigenvalue weighted by molar-refractivity contribution is -0.153. The van der Waals surface area contributed by atoms with E-state index in [4.69, 9.17) is 4.74 Å². The molecule has 22 heavy (non-hydrogen) atoms. The van der Waals surface area contributed by atoms with Crippen LogP contribution in [0.15, 0.2) is 23.2 Å². The summed E-state index contributed by atoms with van der Waals surface area (Å²) in [6, 6.07) is 5.21. The number of aryl methyl sites for hydroxylation is 1. The minimum absolute atomic E-state index is 0. The second-order valence-corrected chi connectivity index (χ2v) is 4.88. The SMILES string of the molecule is Cc1ccc(CNC2=NCCCN2)c(OCC(F)(F)F)c1.I. The first kappa shape index (κ1) is 18.9. The smallest absolute Gasteiger partial charge is 0.422 e. The van der Waals surface area contributed by atoms with Crippen molar-refractivity contribution in [1.29, 1.82) is 0 Å². The van der Waals surface area contributed by atoms with Gasteiger partial charge in [-0.2, -0.15) is 13.2 Å². The van der Waals surface area contributed by atoms with E-state index in [0.29, 0.717) is 18.1 Å². The fraction of sp³-hybridized carbons (Fsp3) is 0.500. The average Bonchev–Trinajstić information content (AvgIpc) is 2.44. The predicted molar refractivity (Wildman–Crippen MR) is 89.9 cm³/mol. The quantitative estimate of drug-likeness (QED) is 0.724. The Bertz CT molecular complexity index is 521. The van der Waals surface area contributed by atoms with Crippen molar-refractivity contribution in [3.05, 3.63) is 29.3 Å². The van der Waals surface area contributed by atoms with Gasteiger partial charge in [0.15, 0.2) is 12.6 Å². The van der Waals surface area contributed by atoms with Gasteiger partial charge in [0.25, 0.3) is 0 Å².